The Balaban J connectivity index is 1.86. The molecular weight excluding hydrogens is 280 g/mol. The SMILES string of the molecule is NC(=O)CCC1CCCN(C(=O)Cc2ccc(CO)cc2)C1. The first-order chi connectivity index (χ1) is 10.6. The van der Waals surface area contributed by atoms with Crippen LogP contribution in [0.4, 0.5) is 0 Å². The predicted octanol–water partition coefficient (Wildman–Crippen LogP) is 1.23. The highest BCUT2D eigenvalue weighted by atomic mass is 16.3. The van der Waals surface area contributed by atoms with Gasteiger partial charge in [-0.2, -0.15) is 0 Å². The van der Waals surface area contributed by atoms with Gasteiger partial charge in [0.25, 0.3) is 0 Å². The van der Waals surface area contributed by atoms with Gasteiger partial charge in [0, 0.05) is 19.5 Å². The Morgan fingerprint density at radius 2 is 1.91 bits per heavy atom. The van der Waals surface area contributed by atoms with Crippen LogP contribution < -0.4 is 5.73 Å². The molecule has 3 N–H and O–H groups in total. The number of carbonyl (C=O) groups excluding carboxylic acids is 2. The fourth-order valence-corrected chi connectivity index (χ4v) is 2.92. The molecule has 1 unspecified atom stereocenters. The van der Waals surface area contributed by atoms with Crippen molar-refractivity contribution in [3.63, 3.8) is 0 Å². The van der Waals surface area contributed by atoms with Crippen LogP contribution in [0.3, 0.4) is 0 Å². The van der Waals surface area contributed by atoms with Crippen LogP contribution in [0, 0.1) is 5.92 Å². The maximum absolute atomic E-state index is 12.4. The van der Waals surface area contributed by atoms with Gasteiger partial charge in [-0.05, 0) is 36.3 Å². The average molecular weight is 304 g/mol. The maximum Gasteiger partial charge on any atom is 0.226 e. The minimum atomic E-state index is -0.271. The first-order valence-corrected chi connectivity index (χ1v) is 7.83. The number of piperidine rings is 1. The summed E-state index contributed by atoms with van der Waals surface area (Å²) < 4.78 is 0. The number of amides is 2. The van der Waals surface area contributed by atoms with Crippen LogP contribution in [-0.2, 0) is 22.6 Å². The van der Waals surface area contributed by atoms with Crippen molar-refractivity contribution in [2.45, 2.75) is 38.7 Å². The van der Waals surface area contributed by atoms with Crippen molar-refractivity contribution in [1.82, 2.24) is 4.90 Å². The van der Waals surface area contributed by atoms with E-state index in [-0.39, 0.29) is 18.4 Å². The summed E-state index contributed by atoms with van der Waals surface area (Å²) in [4.78, 5) is 25.2. The van der Waals surface area contributed by atoms with Gasteiger partial charge in [0.1, 0.15) is 0 Å². The van der Waals surface area contributed by atoms with E-state index in [0.717, 1.165) is 43.5 Å². The Morgan fingerprint density at radius 1 is 1.23 bits per heavy atom. The predicted molar refractivity (Wildman–Crippen MR) is 83.8 cm³/mol. The molecule has 0 bridgehead atoms. The number of benzene rings is 1. The molecular formula is C17H24N2O3. The first kappa shape index (κ1) is 16.5. The standard InChI is InChI=1S/C17H24N2O3/c18-16(21)8-7-14-2-1-9-19(11-14)17(22)10-13-3-5-15(12-20)6-4-13/h3-6,14,20H,1-2,7-12H2,(H2,18,21). The van der Waals surface area contributed by atoms with Gasteiger partial charge in [0.05, 0.1) is 13.0 Å². The zero-order valence-corrected chi connectivity index (χ0v) is 12.8. The quantitative estimate of drug-likeness (QED) is 0.829. The number of primary amides is 1. The van der Waals surface area contributed by atoms with Crippen molar-refractivity contribution in [1.29, 1.82) is 0 Å². The van der Waals surface area contributed by atoms with Gasteiger partial charge in [-0.3, -0.25) is 9.59 Å². The molecule has 1 heterocycles. The Morgan fingerprint density at radius 3 is 2.55 bits per heavy atom. The van der Waals surface area contributed by atoms with Gasteiger partial charge in [0.2, 0.25) is 11.8 Å². The second-order valence-corrected chi connectivity index (χ2v) is 6.00. The number of rotatable bonds is 6. The highest BCUT2D eigenvalue weighted by molar-refractivity contribution is 5.79. The van der Waals surface area contributed by atoms with E-state index in [1.807, 2.05) is 29.2 Å². The third-order valence-electron chi connectivity index (χ3n) is 4.23. The molecule has 0 saturated carbocycles. The van der Waals surface area contributed by atoms with Crippen molar-refractivity contribution in [3.05, 3.63) is 35.4 Å². The Kier molecular flexibility index (Phi) is 5.95. The molecule has 2 rings (SSSR count). The molecule has 0 spiro atoms. The smallest absolute Gasteiger partial charge is 0.226 e. The summed E-state index contributed by atoms with van der Waals surface area (Å²) in [6.07, 6.45) is 3.59. The van der Waals surface area contributed by atoms with Crippen molar-refractivity contribution in [2.24, 2.45) is 11.7 Å². The number of hydrogen-bond acceptors (Lipinski definition) is 3. The first-order valence-electron chi connectivity index (χ1n) is 7.83. The Labute approximate surface area is 131 Å². The highest BCUT2D eigenvalue weighted by Crippen LogP contribution is 2.21. The van der Waals surface area contributed by atoms with Crippen LogP contribution in [0.25, 0.3) is 0 Å². The fourth-order valence-electron chi connectivity index (χ4n) is 2.92. The molecule has 1 aliphatic heterocycles. The average Bonchev–Trinajstić information content (AvgIpc) is 2.54. The van der Waals surface area contributed by atoms with E-state index < -0.39 is 0 Å². The number of likely N-dealkylation sites (tertiary alicyclic amines) is 1. The summed E-state index contributed by atoms with van der Waals surface area (Å²) in [7, 11) is 0. The second kappa shape index (κ2) is 7.94. The lowest BCUT2D eigenvalue weighted by Gasteiger charge is -2.32. The number of nitrogens with two attached hydrogens (primary N) is 1. The van der Waals surface area contributed by atoms with Crippen molar-refractivity contribution >= 4 is 11.8 Å². The summed E-state index contributed by atoms with van der Waals surface area (Å²) in [5.41, 5.74) is 7.00. The van der Waals surface area contributed by atoms with Gasteiger partial charge in [0.15, 0.2) is 0 Å². The molecule has 0 aromatic heterocycles. The summed E-state index contributed by atoms with van der Waals surface area (Å²) in [5.74, 6) is 0.231. The molecule has 1 aromatic carbocycles. The van der Waals surface area contributed by atoms with Crippen LogP contribution in [0.1, 0.15) is 36.8 Å². The molecule has 1 atom stereocenters. The van der Waals surface area contributed by atoms with E-state index in [1.54, 1.807) is 0 Å². The third-order valence-corrected chi connectivity index (χ3v) is 4.23. The molecule has 120 valence electrons. The normalized spacial score (nSPS) is 18.2. The van der Waals surface area contributed by atoms with Crippen LogP contribution in [0.2, 0.25) is 0 Å². The Bertz CT molecular complexity index is 513. The molecule has 22 heavy (non-hydrogen) atoms. The monoisotopic (exact) mass is 304 g/mol. The molecule has 0 aliphatic carbocycles. The maximum atomic E-state index is 12.4. The van der Waals surface area contributed by atoms with E-state index in [2.05, 4.69) is 0 Å². The molecule has 0 radical (unpaired) electrons. The van der Waals surface area contributed by atoms with E-state index in [1.165, 1.54) is 0 Å². The van der Waals surface area contributed by atoms with E-state index in [0.29, 0.717) is 18.8 Å². The van der Waals surface area contributed by atoms with Crippen molar-refractivity contribution < 1.29 is 14.7 Å². The molecule has 5 heteroatoms. The van der Waals surface area contributed by atoms with E-state index in [4.69, 9.17) is 10.8 Å². The van der Waals surface area contributed by atoms with Crippen molar-refractivity contribution in [3.8, 4) is 0 Å². The zero-order valence-electron chi connectivity index (χ0n) is 12.8. The van der Waals surface area contributed by atoms with Crippen molar-refractivity contribution in [2.75, 3.05) is 13.1 Å². The highest BCUT2D eigenvalue weighted by Gasteiger charge is 2.23. The zero-order chi connectivity index (χ0) is 15.9. The minimum absolute atomic E-state index is 0.0158. The lowest BCUT2D eigenvalue weighted by atomic mass is 9.93. The van der Waals surface area contributed by atoms with Gasteiger partial charge >= 0.3 is 0 Å². The number of aliphatic hydroxyl groups is 1. The molecule has 1 fully saturated rings. The summed E-state index contributed by atoms with van der Waals surface area (Å²) in [6.45, 7) is 1.53. The van der Waals surface area contributed by atoms with Crippen LogP contribution in [0.15, 0.2) is 24.3 Å². The fraction of sp³-hybridized carbons (Fsp3) is 0.529. The largest absolute Gasteiger partial charge is 0.392 e. The minimum Gasteiger partial charge on any atom is -0.392 e. The van der Waals surface area contributed by atoms with Gasteiger partial charge < -0.3 is 15.7 Å². The summed E-state index contributed by atoms with van der Waals surface area (Å²) >= 11 is 0. The number of nitrogens with zero attached hydrogens (tertiary/aromatic N) is 1. The molecule has 1 saturated heterocycles. The molecule has 2 amide bonds. The van der Waals surface area contributed by atoms with Gasteiger partial charge in [-0.1, -0.05) is 24.3 Å². The number of carbonyl (C=O) groups is 2. The number of aliphatic hydroxyl groups excluding tert-OH is 1. The van der Waals surface area contributed by atoms with Crippen LogP contribution >= 0.6 is 0 Å². The van der Waals surface area contributed by atoms with Crippen LogP contribution in [0.5, 0.6) is 0 Å². The topological polar surface area (TPSA) is 83.6 Å². The Hall–Kier alpha value is -1.88. The summed E-state index contributed by atoms with van der Waals surface area (Å²) in [6, 6.07) is 7.46. The molecule has 5 nitrogen and oxygen atoms in total. The molecule has 1 aliphatic rings. The summed E-state index contributed by atoms with van der Waals surface area (Å²) in [5, 5.41) is 9.02. The van der Waals surface area contributed by atoms with Crippen LogP contribution in [-0.4, -0.2) is 34.9 Å². The van der Waals surface area contributed by atoms with Gasteiger partial charge in [-0.25, -0.2) is 0 Å². The van der Waals surface area contributed by atoms with Gasteiger partial charge in [-0.15, -0.1) is 0 Å². The second-order valence-electron chi connectivity index (χ2n) is 6.00. The van der Waals surface area contributed by atoms with E-state index in [9.17, 15) is 9.59 Å². The third kappa shape index (κ3) is 4.84. The molecule has 1 aromatic rings. The lowest BCUT2D eigenvalue weighted by Crippen LogP contribution is -2.40. The van der Waals surface area contributed by atoms with E-state index >= 15 is 0 Å². The lowest BCUT2D eigenvalue weighted by molar-refractivity contribution is -0.132. The number of hydrogen-bond donors (Lipinski definition) is 2.